The van der Waals surface area contributed by atoms with E-state index < -0.39 is 0 Å². The Labute approximate surface area is 95.5 Å². The van der Waals surface area contributed by atoms with E-state index in [1.54, 1.807) is 7.11 Å². The fourth-order valence-corrected chi connectivity index (χ4v) is 2.17. The van der Waals surface area contributed by atoms with E-state index >= 15 is 0 Å². The molecule has 0 saturated heterocycles. The smallest absolute Gasteiger partial charge is 0.173 e. The highest BCUT2D eigenvalue weighted by Gasteiger charge is 2.24. The van der Waals surface area contributed by atoms with E-state index in [1.807, 2.05) is 12.1 Å². The Morgan fingerprint density at radius 1 is 1.50 bits per heavy atom. The molecule has 0 unspecified atom stereocenters. The van der Waals surface area contributed by atoms with Crippen LogP contribution >= 0.6 is 22.6 Å². The van der Waals surface area contributed by atoms with Crippen LogP contribution in [0.3, 0.4) is 0 Å². The molecular weight excluding hydrogens is 295 g/mol. The van der Waals surface area contributed by atoms with E-state index in [-0.39, 0.29) is 5.78 Å². The summed E-state index contributed by atoms with van der Waals surface area (Å²) >= 11 is 2.14. The van der Waals surface area contributed by atoms with Crippen molar-refractivity contribution >= 4 is 28.4 Å². The lowest BCUT2D eigenvalue weighted by atomic mass is 10.0. The molecule has 1 aliphatic heterocycles. The number of hydrogen-bond donors (Lipinski definition) is 0. The molecule has 0 aliphatic carbocycles. The maximum absolute atomic E-state index is 11.7. The minimum atomic E-state index is 0.0987. The molecule has 0 N–H and O–H groups in total. The van der Waals surface area contributed by atoms with Crippen molar-refractivity contribution in [1.29, 1.82) is 0 Å². The summed E-state index contributed by atoms with van der Waals surface area (Å²) in [5, 5.41) is 0. The number of ether oxygens (including phenoxy) is 2. The second kappa shape index (κ2) is 3.76. The topological polar surface area (TPSA) is 35.5 Å². The third kappa shape index (κ3) is 1.47. The standard InChI is InChI=1S/C10H9IO3/c1-13-10-6(11)2-3-8-9(10)7(12)4-5-14-8/h2-3H,4-5H2,1H3. The van der Waals surface area contributed by atoms with Crippen molar-refractivity contribution in [2.75, 3.05) is 13.7 Å². The minimum absolute atomic E-state index is 0.0987. The molecule has 0 saturated carbocycles. The molecule has 74 valence electrons. The van der Waals surface area contributed by atoms with Gasteiger partial charge in [-0.25, -0.2) is 0 Å². The predicted molar refractivity (Wildman–Crippen MR) is 60.2 cm³/mol. The largest absolute Gasteiger partial charge is 0.495 e. The fraction of sp³-hybridized carbons (Fsp3) is 0.300. The zero-order chi connectivity index (χ0) is 10.1. The van der Waals surface area contributed by atoms with Gasteiger partial charge in [0.15, 0.2) is 5.78 Å². The molecule has 0 fully saturated rings. The molecule has 0 atom stereocenters. The second-order valence-corrected chi connectivity index (χ2v) is 4.14. The molecule has 2 rings (SSSR count). The molecule has 1 aromatic carbocycles. The van der Waals surface area contributed by atoms with Gasteiger partial charge in [0, 0.05) is 6.42 Å². The van der Waals surface area contributed by atoms with E-state index in [2.05, 4.69) is 22.6 Å². The number of hydrogen-bond acceptors (Lipinski definition) is 3. The number of carbonyl (C=O) groups excluding carboxylic acids is 1. The fourth-order valence-electron chi connectivity index (χ4n) is 1.50. The molecule has 14 heavy (non-hydrogen) atoms. The number of benzene rings is 1. The first-order valence-corrected chi connectivity index (χ1v) is 5.34. The summed E-state index contributed by atoms with van der Waals surface area (Å²) in [6.45, 7) is 0.468. The van der Waals surface area contributed by atoms with Crippen LogP contribution in [-0.2, 0) is 0 Å². The minimum Gasteiger partial charge on any atom is -0.495 e. The summed E-state index contributed by atoms with van der Waals surface area (Å²) in [5.41, 5.74) is 0.589. The predicted octanol–water partition coefficient (Wildman–Crippen LogP) is 2.27. The van der Waals surface area contributed by atoms with Crippen LogP contribution < -0.4 is 9.47 Å². The van der Waals surface area contributed by atoms with E-state index in [4.69, 9.17) is 9.47 Å². The first kappa shape index (κ1) is 9.76. The zero-order valence-electron chi connectivity index (χ0n) is 7.67. The lowest BCUT2D eigenvalue weighted by molar-refractivity contribution is 0.0929. The van der Waals surface area contributed by atoms with Crippen LogP contribution in [0.4, 0.5) is 0 Å². The molecule has 0 bridgehead atoms. The van der Waals surface area contributed by atoms with Crippen LogP contribution in [0.1, 0.15) is 16.8 Å². The van der Waals surface area contributed by atoms with Crippen LogP contribution in [0.5, 0.6) is 11.5 Å². The second-order valence-electron chi connectivity index (χ2n) is 2.98. The van der Waals surface area contributed by atoms with E-state index in [9.17, 15) is 4.79 Å². The lowest BCUT2D eigenvalue weighted by Crippen LogP contribution is -2.16. The Morgan fingerprint density at radius 2 is 2.29 bits per heavy atom. The van der Waals surface area contributed by atoms with Crippen molar-refractivity contribution in [3.05, 3.63) is 21.3 Å². The van der Waals surface area contributed by atoms with Gasteiger partial charge in [-0.15, -0.1) is 0 Å². The van der Waals surface area contributed by atoms with Crippen molar-refractivity contribution in [2.24, 2.45) is 0 Å². The van der Waals surface area contributed by atoms with Gasteiger partial charge in [-0.1, -0.05) is 0 Å². The van der Waals surface area contributed by atoms with Crippen molar-refractivity contribution < 1.29 is 14.3 Å². The highest BCUT2D eigenvalue weighted by Crippen LogP contribution is 2.36. The van der Waals surface area contributed by atoms with Crippen molar-refractivity contribution in [3.8, 4) is 11.5 Å². The van der Waals surface area contributed by atoms with Gasteiger partial charge in [-0.2, -0.15) is 0 Å². The highest BCUT2D eigenvalue weighted by atomic mass is 127. The number of methoxy groups -OCH3 is 1. The first-order valence-electron chi connectivity index (χ1n) is 4.26. The Balaban J connectivity index is 2.63. The number of Topliss-reactive ketones (excluding diaryl/α,β-unsaturated/α-hetero) is 1. The normalized spacial score (nSPS) is 14.6. The average Bonchev–Trinajstić information content (AvgIpc) is 2.19. The van der Waals surface area contributed by atoms with Gasteiger partial charge < -0.3 is 9.47 Å². The molecule has 0 aromatic heterocycles. The van der Waals surface area contributed by atoms with Crippen LogP contribution in [0.2, 0.25) is 0 Å². The number of fused-ring (bicyclic) bond motifs is 1. The van der Waals surface area contributed by atoms with Gasteiger partial charge in [0.2, 0.25) is 0 Å². The summed E-state index contributed by atoms with van der Waals surface area (Å²) in [7, 11) is 1.57. The molecule has 1 heterocycles. The lowest BCUT2D eigenvalue weighted by Gasteiger charge is -2.19. The maximum Gasteiger partial charge on any atom is 0.173 e. The Bertz CT molecular complexity index is 387. The van der Waals surface area contributed by atoms with Gasteiger partial charge in [-0.05, 0) is 34.7 Å². The van der Waals surface area contributed by atoms with Crippen LogP contribution in [-0.4, -0.2) is 19.5 Å². The molecule has 0 radical (unpaired) electrons. The van der Waals surface area contributed by atoms with Crippen molar-refractivity contribution in [3.63, 3.8) is 0 Å². The third-order valence-corrected chi connectivity index (χ3v) is 2.99. The summed E-state index contributed by atoms with van der Waals surface area (Å²) in [4.78, 5) is 11.7. The van der Waals surface area contributed by atoms with Gasteiger partial charge in [0.25, 0.3) is 0 Å². The third-order valence-electron chi connectivity index (χ3n) is 2.14. The molecule has 0 spiro atoms. The van der Waals surface area contributed by atoms with Crippen LogP contribution in [0, 0.1) is 3.57 Å². The molecule has 0 amide bonds. The van der Waals surface area contributed by atoms with Gasteiger partial charge in [0.05, 0.1) is 17.3 Å². The van der Waals surface area contributed by atoms with Crippen LogP contribution in [0.25, 0.3) is 0 Å². The Morgan fingerprint density at radius 3 is 3.00 bits per heavy atom. The first-order chi connectivity index (χ1) is 6.74. The summed E-state index contributed by atoms with van der Waals surface area (Å²) in [6.07, 6.45) is 0.434. The summed E-state index contributed by atoms with van der Waals surface area (Å²) in [5.74, 6) is 1.37. The van der Waals surface area contributed by atoms with Gasteiger partial charge in [0.1, 0.15) is 17.1 Å². The van der Waals surface area contributed by atoms with Gasteiger partial charge in [-0.3, -0.25) is 4.79 Å². The number of rotatable bonds is 1. The SMILES string of the molecule is COc1c(I)ccc2c1C(=O)CCO2. The van der Waals surface area contributed by atoms with Crippen molar-refractivity contribution in [2.45, 2.75) is 6.42 Å². The molecule has 4 heteroatoms. The zero-order valence-corrected chi connectivity index (χ0v) is 9.83. The molecular formula is C10H9IO3. The highest BCUT2D eigenvalue weighted by molar-refractivity contribution is 14.1. The van der Waals surface area contributed by atoms with Crippen LogP contribution in [0.15, 0.2) is 12.1 Å². The van der Waals surface area contributed by atoms with E-state index in [0.29, 0.717) is 30.1 Å². The number of carbonyl (C=O) groups is 1. The Kier molecular flexibility index (Phi) is 2.62. The van der Waals surface area contributed by atoms with Gasteiger partial charge >= 0.3 is 0 Å². The Hall–Kier alpha value is -0.780. The summed E-state index contributed by atoms with van der Waals surface area (Å²) in [6, 6.07) is 3.70. The van der Waals surface area contributed by atoms with E-state index in [1.165, 1.54) is 0 Å². The van der Waals surface area contributed by atoms with Crippen molar-refractivity contribution in [1.82, 2.24) is 0 Å². The number of halogens is 1. The maximum atomic E-state index is 11.7. The van der Waals surface area contributed by atoms with E-state index in [0.717, 1.165) is 3.57 Å². The average molecular weight is 304 g/mol. The molecule has 1 aliphatic rings. The monoisotopic (exact) mass is 304 g/mol. The number of ketones is 1. The molecule has 1 aromatic rings. The molecule has 3 nitrogen and oxygen atoms in total. The summed E-state index contributed by atoms with van der Waals surface area (Å²) < 4.78 is 11.5. The quantitative estimate of drug-likeness (QED) is 0.747.